The maximum absolute atomic E-state index is 12.2. The first kappa shape index (κ1) is 20.7. The van der Waals surface area contributed by atoms with Crippen molar-refractivity contribution in [1.82, 2.24) is 15.6 Å². The Labute approximate surface area is 159 Å². The zero-order valence-corrected chi connectivity index (χ0v) is 17.0. The lowest BCUT2D eigenvalue weighted by atomic mass is 9.95. The summed E-state index contributed by atoms with van der Waals surface area (Å²) >= 11 is 0. The topological polar surface area (TPSA) is 75.6 Å². The number of aliphatic imine (C=N–C) groups is 1. The van der Waals surface area contributed by atoms with Gasteiger partial charge in [0.05, 0.1) is 13.2 Å². The molecule has 3 unspecified atom stereocenters. The molecule has 2 rings (SSSR count). The number of pyridine rings is 1. The molecule has 0 aliphatic heterocycles. The minimum Gasteiger partial charge on any atom is -0.478 e. The van der Waals surface area contributed by atoms with Crippen molar-refractivity contribution in [3.8, 4) is 5.88 Å². The predicted molar refractivity (Wildman–Crippen MR) is 108 cm³/mol. The summed E-state index contributed by atoms with van der Waals surface area (Å²) < 4.78 is 17.7. The Bertz CT molecular complexity index is 609. The fourth-order valence-electron chi connectivity index (χ4n) is 3.24. The van der Waals surface area contributed by atoms with E-state index in [9.17, 15) is 4.21 Å². The molecule has 7 heteroatoms. The van der Waals surface area contributed by atoms with Crippen LogP contribution in [0, 0.1) is 0 Å². The first-order chi connectivity index (χ1) is 12.7. The lowest BCUT2D eigenvalue weighted by Gasteiger charge is -2.30. The number of hydrogen-bond donors (Lipinski definition) is 2. The molecule has 26 heavy (non-hydrogen) atoms. The summed E-state index contributed by atoms with van der Waals surface area (Å²) in [6.45, 7) is 7.91. The number of rotatable bonds is 8. The maximum Gasteiger partial charge on any atom is 0.218 e. The highest BCUT2D eigenvalue weighted by molar-refractivity contribution is 7.85. The van der Waals surface area contributed by atoms with E-state index in [2.05, 4.69) is 22.5 Å². The second-order valence-corrected chi connectivity index (χ2v) is 8.40. The molecule has 0 aromatic carbocycles. The molecule has 1 aromatic heterocycles. The van der Waals surface area contributed by atoms with E-state index in [1.54, 1.807) is 6.20 Å². The van der Waals surface area contributed by atoms with Gasteiger partial charge in [-0.3, -0.25) is 4.21 Å². The normalized spacial score (nSPS) is 21.9. The van der Waals surface area contributed by atoms with Gasteiger partial charge in [0.1, 0.15) is 0 Å². The van der Waals surface area contributed by atoms with Crippen LogP contribution in [0.4, 0.5) is 0 Å². The van der Waals surface area contributed by atoms with Gasteiger partial charge in [-0.25, -0.2) is 9.98 Å². The third-order valence-electron chi connectivity index (χ3n) is 4.51. The number of hydrogen-bond acceptors (Lipinski definition) is 4. The van der Waals surface area contributed by atoms with Gasteiger partial charge < -0.3 is 15.4 Å². The van der Waals surface area contributed by atoms with Gasteiger partial charge in [0.15, 0.2) is 5.96 Å². The maximum atomic E-state index is 12.2. The number of aromatic nitrogens is 1. The summed E-state index contributed by atoms with van der Waals surface area (Å²) in [7, 11) is -0.717. The second kappa shape index (κ2) is 11.2. The fourth-order valence-corrected chi connectivity index (χ4v) is 4.59. The highest BCUT2D eigenvalue weighted by atomic mass is 32.2. The van der Waals surface area contributed by atoms with E-state index < -0.39 is 10.8 Å². The third-order valence-corrected chi connectivity index (χ3v) is 6.25. The molecule has 1 aromatic rings. The van der Waals surface area contributed by atoms with Crippen molar-refractivity contribution in [1.29, 1.82) is 0 Å². The number of guanidine groups is 1. The Morgan fingerprint density at radius 2 is 2.23 bits per heavy atom. The molecule has 146 valence electrons. The molecule has 3 atom stereocenters. The second-order valence-electron chi connectivity index (χ2n) is 6.40. The average Bonchev–Trinajstić information content (AvgIpc) is 2.67. The van der Waals surface area contributed by atoms with E-state index in [0.717, 1.165) is 49.5 Å². The van der Waals surface area contributed by atoms with E-state index >= 15 is 0 Å². The molecule has 6 nitrogen and oxygen atoms in total. The van der Waals surface area contributed by atoms with Crippen molar-refractivity contribution in [2.45, 2.75) is 64.3 Å². The third kappa shape index (κ3) is 6.27. The molecule has 1 saturated carbocycles. The van der Waals surface area contributed by atoms with Crippen LogP contribution in [-0.4, -0.2) is 45.3 Å². The highest BCUT2D eigenvalue weighted by Gasteiger charge is 2.26. The smallest absolute Gasteiger partial charge is 0.218 e. The van der Waals surface area contributed by atoms with Crippen molar-refractivity contribution in [2.75, 3.05) is 18.9 Å². The molecule has 0 bridgehead atoms. The molecule has 1 aliphatic rings. The largest absolute Gasteiger partial charge is 0.478 e. The van der Waals surface area contributed by atoms with Gasteiger partial charge in [0.25, 0.3) is 0 Å². The lowest BCUT2D eigenvalue weighted by molar-refractivity contribution is 0.323. The summed E-state index contributed by atoms with van der Waals surface area (Å²) in [6.07, 6.45) is 5.96. The quantitative estimate of drug-likeness (QED) is 0.536. The number of nitrogens with one attached hydrogen (secondary N) is 2. The molecule has 1 heterocycles. The predicted octanol–water partition coefficient (Wildman–Crippen LogP) is 2.62. The van der Waals surface area contributed by atoms with Crippen LogP contribution in [0.2, 0.25) is 0 Å². The van der Waals surface area contributed by atoms with Crippen molar-refractivity contribution in [2.24, 2.45) is 4.99 Å². The van der Waals surface area contributed by atoms with Crippen molar-refractivity contribution < 1.29 is 8.95 Å². The molecule has 1 fully saturated rings. The van der Waals surface area contributed by atoms with Crippen molar-refractivity contribution >= 4 is 16.8 Å². The Balaban J connectivity index is 2.01. The van der Waals surface area contributed by atoms with Crippen LogP contribution in [0.5, 0.6) is 5.88 Å². The van der Waals surface area contributed by atoms with Crippen LogP contribution >= 0.6 is 0 Å². The van der Waals surface area contributed by atoms with Gasteiger partial charge >= 0.3 is 0 Å². The van der Waals surface area contributed by atoms with Gasteiger partial charge in [0.2, 0.25) is 5.88 Å². The molecule has 0 saturated heterocycles. The van der Waals surface area contributed by atoms with Gasteiger partial charge in [-0.05, 0) is 39.2 Å². The summed E-state index contributed by atoms with van der Waals surface area (Å²) in [5, 5.41) is 7.15. The average molecular weight is 381 g/mol. The Morgan fingerprint density at radius 3 is 2.96 bits per heavy atom. The molecule has 0 spiro atoms. The summed E-state index contributed by atoms with van der Waals surface area (Å²) in [4.78, 5) is 8.99. The fraction of sp³-hybridized carbons (Fsp3) is 0.684. The SMILES string of the molecule is CCNC(=NCc1cccnc1OCC)NC1CCCC(S(=O)CC)C1. The zero-order chi connectivity index (χ0) is 18.8. The molecule has 1 aliphatic carbocycles. The van der Waals surface area contributed by atoms with E-state index in [4.69, 9.17) is 9.73 Å². The van der Waals surface area contributed by atoms with E-state index in [1.807, 2.05) is 26.0 Å². The van der Waals surface area contributed by atoms with Crippen LogP contribution in [0.1, 0.15) is 52.0 Å². The first-order valence-corrected chi connectivity index (χ1v) is 11.0. The molecular formula is C19H32N4O2S. The van der Waals surface area contributed by atoms with Gasteiger partial charge in [-0.2, -0.15) is 0 Å². The standard InChI is InChI=1S/C19H32N4O2S/c1-4-20-19(22-14-15-9-8-12-21-18(15)25-5-2)23-16-10-7-11-17(13-16)26(24)6-3/h8-9,12,16-17H,4-7,10-11,13-14H2,1-3H3,(H2,20,22,23). The number of ether oxygens (including phenoxy) is 1. The monoisotopic (exact) mass is 380 g/mol. The van der Waals surface area contributed by atoms with Crippen LogP contribution in [-0.2, 0) is 17.3 Å². The Morgan fingerprint density at radius 1 is 1.38 bits per heavy atom. The molecule has 0 amide bonds. The summed E-state index contributed by atoms with van der Waals surface area (Å²) in [5.74, 6) is 2.18. The van der Waals surface area contributed by atoms with E-state index in [1.165, 1.54) is 0 Å². The van der Waals surface area contributed by atoms with Gasteiger partial charge in [-0.15, -0.1) is 0 Å². The van der Waals surface area contributed by atoms with E-state index in [0.29, 0.717) is 30.3 Å². The Kier molecular flexibility index (Phi) is 8.88. The van der Waals surface area contributed by atoms with Crippen molar-refractivity contribution in [3.05, 3.63) is 23.9 Å². The molecule has 2 N–H and O–H groups in total. The molecular weight excluding hydrogens is 348 g/mol. The van der Waals surface area contributed by atoms with Gasteiger partial charge in [0, 0.05) is 46.1 Å². The lowest BCUT2D eigenvalue weighted by Crippen LogP contribution is -2.46. The first-order valence-electron chi connectivity index (χ1n) is 9.66. The van der Waals surface area contributed by atoms with Crippen LogP contribution < -0.4 is 15.4 Å². The highest BCUT2D eigenvalue weighted by Crippen LogP contribution is 2.23. The van der Waals surface area contributed by atoms with Crippen LogP contribution in [0.15, 0.2) is 23.3 Å². The number of nitrogens with zero attached hydrogens (tertiary/aromatic N) is 2. The summed E-state index contributed by atoms with van der Waals surface area (Å²) in [6, 6.07) is 4.22. The van der Waals surface area contributed by atoms with Crippen LogP contribution in [0.25, 0.3) is 0 Å². The minimum atomic E-state index is -0.717. The minimum absolute atomic E-state index is 0.303. The van der Waals surface area contributed by atoms with Gasteiger partial charge in [-0.1, -0.05) is 19.4 Å². The Hall–Kier alpha value is -1.63. The summed E-state index contributed by atoms with van der Waals surface area (Å²) in [5.41, 5.74) is 0.972. The molecule has 0 radical (unpaired) electrons. The van der Waals surface area contributed by atoms with Crippen molar-refractivity contribution in [3.63, 3.8) is 0 Å². The van der Waals surface area contributed by atoms with Crippen LogP contribution in [0.3, 0.4) is 0 Å². The van der Waals surface area contributed by atoms with E-state index in [-0.39, 0.29) is 0 Å². The zero-order valence-electron chi connectivity index (χ0n) is 16.2.